The molecule has 0 spiro atoms. The Labute approximate surface area is 80.0 Å². The summed E-state index contributed by atoms with van der Waals surface area (Å²) in [6.07, 6.45) is 4.00. The smallest absolute Gasteiger partial charge is 0.358 e. The Hall–Kier alpha value is -1.91. The molecule has 0 saturated heterocycles. The molecule has 0 saturated carbocycles. The van der Waals surface area contributed by atoms with E-state index < -0.39 is 5.97 Å². The summed E-state index contributed by atoms with van der Waals surface area (Å²) in [4.78, 5) is 18.8. The van der Waals surface area contributed by atoms with Crippen LogP contribution in [0.5, 0.6) is 0 Å². The number of aryl methyl sites for hydroxylation is 1. The molecule has 2 aromatic rings. The van der Waals surface area contributed by atoms with Crippen LogP contribution in [0.3, 0.4) is 0 Å². The normalized spacial score (nSPS) is 10.6. The van der Waals surface area contributed by atoms with Crippen LogP contribution in [-0.4, -0.2) is 25.4 Å². The van der Waals surface area contributed by atoms with Gasteiger partial charge in [0.05, 0.1) is 0 Å². The molecular weight excluding hydrogens is 182 g/mol. The van der Waals surface area contributed by atoms with Crippen LogP contribution in [-0.2, 0) is 6.42 Å². The van der Waals surface area contributed by atoms with Crippen LogP contribution in [0.4, 0.5) is 0 Å². The molecule has 2 rings (SSSR count). The van der Waals surface area contributed by atoms with Gasteiger partial charge >= 0.3 is 5.97 Å². The van der Waals surface area contributed by atoms with E-state index in [1.54, 1.807) is 22.9 Å². The quantitative estimate of drug-likeness (QED) is 0.768. The third kappa shape index (κ3) is 1.14. The third-order valence-electron chi connectivity index (χ3n) is 2.00. The van der Waals surface area contributed by atoms with Crippen LogP contribution in [0.2, 0.25) is 0 Å². The third-order valence-corrected chi connectivity index (χ3v) is 2.00. The zero-order valence-electron chi connectivity index (χ0n) is 7.64. The Morgan fingerprint density at radius 3 is 3.07 bits per heavy atom. The van der Waals surface area contributed by atoms with E-state index in [9.17, 15) is 4.79 Å². The summed E-state index contributed by atoms with van der Waals surface area (Å²) in [7, 11) is 0. The van der Waals surface area contributed by atoms with Crippen LogP contribution in [0.1, 0.15) is 23.2 Å². The lowest BCUT2D eigenvalue weighted by Crippen LogP contribution is -1.98. The van der Waals surface area contributed by atoms with Gasteiger partial charge in [-0.1, -0.05) is 6.92 Å². The summed E-state index contributed by atoms with van der Waals surface area (Å²) in [5.74, 6) is -0.327. The van der Waals surface area contributed by atoms with Gasteiger partial charge in [-0.25, -0.2) is 14.8 Å². The monoisotopic (exact) mass is 191 g/mol. The second-order valence-electron chi connectivity index (χ2n) is 2.85. The molecule has 0 aliphatic rings. The van der Waals surface area contributed by atoms with Crippen molar-refractivity contribution in [2.75, 3.05) is 0 Å². The molecule has 2 heterocycles. The average Bonchev–Trinajstić information content (AvgIpc) is 2.56. The van der Waals surface area contributed by atoms with Gasteiger partial charge in [-0.05, 0) is 6.07 Å². The van der Waals surface area contributed by atoms with Crippen molar-refractivity contribution in [3.05, 3.63) is 30.0 Å². The van der Waals surface area contributed by atoms with Crippen molar-refractivity contribution < 1.29 is 9.90 Å². The molecule has 0 amide bonds. The largest absolute Gasteiger partial charge is 0.476 e. The molecule has 72 valence electrons. The molecule has 5 heteroatoms. The lowest BCUT2D eigenvalue weighted by molar-refractivity contribution is 0.0693. The van der Waals surface area contributed by atoms with Crippen molar-refractivity contribution >= 4 is 11.6 Å². The first kappa shape index (κ1) is 8.68. The number of carbonyl (C=O) groups is 1. The van der Waals surface area contributed by atoms with Crippen molar-refractivity contribution in [1.82, 2.24) is 14.4 Å². The Kier molecular flexibility index (Phi) is 1.92. The van der Waals surface area contributed by atoms with E-state index in [1.165, 1.54) is 0 Å². The first-order valence-corrected chi connectivity index (χ1v) is 4.29. The Bertz CT molecular complexity index is 490. The van der Waals surface area contributed by atoms with E-state index in [0.717, 1.165) is 0 Å². The summed E-state index contributed by atoms with van der Waals surface area (Å²) in [6, 6.07) is 1.75. The maximum absolute atomic E-state index is 10.8. The lowest BCUT2D eigenvalue weighted by atomic mass is 10.4. The zero-order valence-corrected chi connectivity index (χ0v) is 7.64. The summed E-state index contributed by atoms with van der Waals surface area (Å²) in [5.41, 5.74) is 0.416. The highest BCUT2D eigenvalue weighted by Gasteiger charge is 2.15. The molecule has 0 fully saturated rings. The second-order valence-corrected chi connectivity index (χ2v) is 2.85. The Balaban J connectivity index is 2.80. The molecule has 0 atom stereocenters. The molecule has 2 aromatic heterocycles. The number of carboxylic acid groups (broad SMARTS) is 1. The topological polar surface area (TPSA) is 67.5 Å². The van der Waals surface area contributed by atoms with Crippen molar-refractivity contribution in [3.8, 4) is 0 Å². The standard InChI is InChI=1S/C9H9N3O2/c1-2-6-11-7(9(13)14)8-10-4-3-5-12(6)8/h3-5H,2H2,1H3,(H,13,14). The SMILES string of the molecule is CCc1nc(C(=O)O)c2ncccn12. The summed E-state index contributed by atoms with van der Waals surface area (Å²) in [5, 5.41) is 8.88. The number of nitrogens with zero attached hydrogens (tertiary/aromatic N) is 3. The van der Waals surface area contributed by atoms with E-state index in [1.807, 2.05) is 6.92 Å². The van der Waals surface area contributed by atoms with Gasteiger partial charge in [-0.15, -0.1) is 0 Å². The minimum Gasteiger partial charge on any atom is -0.476 e. The molecule has 0 aromatic carbocycles. The maximum Gasteiger partial charge on any atom is 0.358 e. The first-order valence-electron chi connectivity index (χ1n) is 4.29. The van der Waals surface area contributed by atoms with Crippen LogP contribution in [0, 0.1) is 0 Å². The molecular formula is C9H9N3O2. The van der Waals surface area contributed by atoms with Gasteiger partial charge in [-0.2, -0.15) is 0 Å². The lowest BCUT2D eigenvalue weighted by Gasteiger charge is -1.94. The molecule has 0 aliphatic heterocycles. The van der Waals surface area contributed by atoms with Crippen molar-refractivity contribution in [2.45, 2.75) is 13.3 Å². The first-order chi connectivity index (χ1) is 6.74. The van der Waals surface area contributed by atoms with E-state index >= 15 is 0 Å². The number of fused-ring (bicyclic) bond motifs is 1. The molecule has 5 nitrogen and oxygen atoms in total. The van der Waals surface area contributed by atoms with Crippen LogP contribution >= 0.6 is 0 Å². The molecule has 1 N–H and O–H groups in total. The van der Waals surface area contributed by atoms with Crippen LogP contribution < -0.4 is 0 Å². The molecule has 14 heavy (non-hydrogen) atoms. The number of hydrogen-bond donors (Lipinski definition) is 1. The highest BCUT2D eigenvalue weighted by atomic mass is 16.4. The fraction of sp³-hybridized carbons (Fsp3) is 0.222. The maximum atomic E-state index is 10.8. The van der Waals surface area contributed by atoms with E-state index in [-0.39, 0.29) is 5.69 Å². The van der Waals surface area contributed by atoms with Crippen molar-refractivity contribution in [1.29, 1.82) is 0 Å². The highest BCUT2D eigenvalue weighted by molar-refractivity contribution is 5.92. The number of hydrogen-bond acceptors (Lipinski definition) is 3. The average molecular weight is 191 g/mol. The van der Waals surface area contributed by atoms with E-state index in [0.29, 0.717) is 17.9 Å². The van der Waals surface area contributed by atoms with E-state index in [4.69, 9.17) is 5.11 Å². The zero-order chi connectivity index (χ0) is 10.1. The van der Waals surface area contributed by atoms with Crippen molar-refractivity contribution in [2.24, 2.45) is 0 Å². The highest BCUT2D eigenvalue weighted by Crippen LogP contribution is 2.10. The predicted octanol–water partition coefficient (Wildman–Crippen LogP) is 0.990. The number of aromatic nitrogens is 3. The van der Waals surface area contributed by atoms with E-state index in [2.05, 4.69) is 9.97 Å². The molecule has 0 bridgehead atoms. The molecule has 0 aliphatic carbocycles. The minimum absolute atomic E-state index is 0.0162. The van der Waals surface area contributed by atoms with Crippen LogP contribution in [0.25, 0.3) is 5.65 Å². The second kappa shape index (κ2) is 3.10. The summed E-state index contributed by atoms with van der Waals surface area (Å²) in [6.45, 7) is 1.92. The Morgan fingerprint density at radius 2 is 2.43 bits per heavy atom. The van der Waals surface area contributed by atoms with Gasteiger partial charge in [0.2, 0.25) is 0 Å². The summed E-state index contributed by atoms with van der Waals surface area (Å²) < 4.78 is 1.70. The molecule has 0 radical (unpaired) electrons. The fourth-order valence-corrected chi connectivity index (χ4v) is 1.38. The minimum atomic E-state index is -1.04. The number of aromatic carboxylic acids is 1. The number of imidazole rings is 1. The van der Waals surface area contributed by atoms with Gasteiger partial charge < -0.3 is 5.11 Å². The van der Waals surface area contributed by atoms with Crippen LogP contribution in [0.15, 0.2) is 18.5 Å². The van der Waals surface area contributed by atoms with Gasteiger partial charge in [0, 0.05) is 18.8 Å². The van der Waals surface area contributed by atoms with Crippen molar-refractivity contribution in [3.63, 3.8) is 0 Å². The van der Waals surface area contributed by atoms with Gasteiger partial charge in [0.25, 0.3) is 0 Å². The number of rotatable bonds is 2. The van der Waals surface area contributed by atoms with Gasteiger partial charge in [-0.3, -0.25) is 4.40 Å². The number of carboxylic acids is 1. The Morgan fingerprint density at radius 1 is 1.64 bits per heavy atom. The predicted molar refractivity (Wildman–Crippen MR) is 49.3 cm³/mol. The van der Waals surface area contributed by atoms with Gasteiger partial charge in [0.1, 0.15) is 5.82 Å². The fourth-order valence-electron chi connectivity index (χ4n) is 1.38. The summed E-state index contributed by atoms with van der Waals surface area (Å²) >= 11 is 0. The molecule has 0 unspecified atom stereocenters. The van der Waals surface area contributed by atoms with Gasteiger partial charge in [0.15, 0.2) is 11.3 Å².